The highest BCUT2D eigenvalue weighted by Gasteiger charge is 2.26. The Bertz CT molecular complexity index is 652. The van der Waals surface area contributed by atoms with Crippen molar-refractivity contribution in [2.75, 3.05) is 45.8 Å². The average Bonchev–Trinajstić information content (AvgIpc) is 3.42. The van der Waals surface area contributed by atoms with Crippen LogP contribution < -0.4 is 0 Å². The lowest BCUT2D eigenvalue weighted by molar-refractivity contribution is -0.133. The molecule has 0 bridgehead atoms. The van der Waals surface area contributed by atoms with Gasteiger partial charge in [-0.3, -0.25) is 14.6 Å². The first-order valence-corrected chi connectivity index (χ1v) is 9.98. The molecular weight excluding hydrogens is 336 g/mol. The van der Waals surface area contributed by atoms with Crippen molar-refractivity contribution in [2.45, 2.75) is 44.8 Å². The lowest BCUT2D eigenvalue weighted by Crippen LogP contribution is -2.50. The van der Waals surface area contributed by atoms with Crippen LogP contribution in [0.1, 0.15) is 38.1 Å². The number of piperazine rings is 1. The molecule has 3 heterocycles. The Balaban J connectivity index is 1.24. The summed E-state index contributed by atoms with van der Waals surface area (Å²) in [4.78, 5) is 19.1. The van der Waals surface area contributed by atoms with Gasteiger partial charge in [-0.15, -0.1) is 0 Å². The Morgan fingerprint density at radius 3 is 2.40 bits per heavy atom. The Labute approximate surface area is 154 Å². The molecule has 3 aliphatic rings. The molecule has 0 aromatic carbocycles. The predicted molar refractivity (Wildman–Crippen MR) is 97.8 cm³/mol. The first-order chi connectivity index (χ1) is 12.2. The summed E-state index contributed by atoms with van der Waals surface area (Å²) in [6.07, 6.45) is 7.92. The van der Waals surface area contributed by atoms with Gasteiger partial charge in [0.1, 0.15) is 6.33 Å². The number of hydrogen-bond acceptors (Lipinski definition) is 5. The van der Waals surface area contributed by atoms with Crippen LogP contribution in [0.2, 0.25) is 0 Å². The maximum Gasteiger partial charge on any atom is 0.236 e. The van der Waals surface area contributed by atoms with Crippen LogP contribution in [0.5, 0.6) is 0 Å². The highest BCUT2D eigenvalue weighted by molar-refractivity contribution is 7.71. The lowest BCUT2D eigenvalue weighted by atomic mass is 10.1. The number of piperidine rings is 1. The molecule has 1 amide bonds. The zero-order chi connectivity index (χ0) is 17.2. The van der Waals surface area contributed by atoms with Crippen LogP contribution in [-0.2, 0) is 11.5 Å². The SMILES string of the molecule is O=C(CN1CCN(Cn2ncn(C3CC3)c2=S)CC1)N1CCCCC1. The Morgan fingerprint density at radius 1 is 1.04 bits per heavy atom. The summed E-state index contributed by atoms with van der Waals surface area (Å²) in [5, 5.41) is 4.46. The fourth-order valence-electron chi connectivity index (χ4n) is 3.76. The summed E-state index contributed by atoms with van der Waals surface area (Å²) in [5.74, 6) is 0.304. The normalized spacial score (nSPS) is 23.1. The molecule has 1 aromatic rings. The van der Waals surface area contributed by atoms with Gasteiger partial charge in [-0.1, -0.05) is 0 Å². The van der Waals surface area contributed by atoms with E-state index in [0.29, 0.717) is 18.5 Å². The fraction of sp³-hybridized carbons (Fsp3) is 0.824. The molecule has 138 valence electrons. The topological polar surface area (TPSA) is 49.5 Å². The quantitative estimate of drug-likeness (QED) is 0.738. The van der Waals surface area contributed by atoms with Gasteiger partial charge in [0.15, 0.2) is 4.77 Å². The summed E-state index contributed by atoms with van der Waals surface area (Å²) in [5.41, 5.74) is 0. The van der Waals surface area contributed by atoms with Gasteiger partial charge in [-0.2, -0.15) is 5.10 Å². The molecule has 0 unspecified atom stereocenters. The molecule has 1 saturated carbocycles. The predicted octanol–water partition coefficient (Wildman–Crippen LogP) is 1.34. The number of nitrogens with zero attached hydrogens (tertiary/aromatic N) is 6. The van der Waals surface area contributed by atoms with Crippen molar-refractivity contribution in [1.82, 2.24) is 29.0 Å². The van der Waals surface area contributed by atoms with Gasteiger partial charge in [0.2, 0.25) is 5.91 Å². The fourth-order valence-corrected chi connectivity index (χ4v) is 4.06. The van der Waals surface area contributed by atoms with Gasteiger partial charge in [0, 0.05) is 45.3 Å². The summed E-state index contributed by atoms with van der Waals surface area (Å²) in [6.45, 7) is 7.03. The smallest absolute Gasteiger partial charge is 0.236 e. The van der Waals surface area contributed by atoms with E-state index in [4.69, 9.17) is 12.2 Å². The molecule has 8 heteroatoms. The van der Waals surface area contributed by atoms with Crippen LogP contribution in [0.3, 0.4) is 0 Å². The zero-order valence-corrected chi connectivity index (χ0v) is 15.7. The van der Waals surface area contributed by atoms with E-state index >= 15 is 0 Å². The van der Waals surface area contributed by atoms with Gasteiger partial charge in [-0.05, 0) is 44.3 Å². The molecule has 0 spiro atoms. The van der Waals surface area contributed by atoms with Gasteiger partial charge >= 0.3 is 0 Å². The highest BCUT2D eigenvalue weighted by Crippen LogP contribution is 2.34. The van der Waals surface area contributed by atoms with Crippen LogP contribution in [-0.4, -0.2) is 80.8 Å². The van der Waals surface area contributed by atoms with Gasteiger partial charge in [-0.25, -0.2) is 4.68 Å². The van der Waals surface area contributed by atoms with Crippen molar-refractivity contribution in [3.05, 3.63) is 11.1 Å². The van der Waals surface area contributed by atoms with Crippen molar-refractivity contribution in [3.63, 3.8) is 0 Å². The summed E-state index contributed by atoms with van der Waals surface area (Å²) in [7, 11) is 0. The molecule has 3 fully saturated rings. The number of aromatic nitrogens is 3. The van der Waals surface area contributed by atoms with Crippen molar-refractivity contribution >= 4 is 18.1 Å². The maximum atomic E-state index is 12.4. The Hall–Kier alpha value is -1.25. The molecule has 1 aromatic heterocycles. The average molecular weight is 365 g/mol. The van der Waals surface area contributed by atoms with Gasteiger partial charge < -0.3 is 9.47 Å². The van der Waals surface area contributed by atoms with E-state index in [-0.39, 0.29) is 0 Å². The van der Waals surface area contributed by atoms with E-state index in [0.717, 1.165) is 63.5 Å². The third kappa shape index (κ3) is 4.12. The molecule has 0 N–H and O–H groups in total. The minimum Gasteiger partial charge on any atom is -0.342 e. The zero-order valence-electron chi connectivity index (χ0n) is 14.8. The molecule has 0 radical (unpaired) electrons. The largest absolute Gasteiger partial charge is 0.342 e. The van der Waals surface area contributed by atoms with E-state index in [1.54, 1.807) is 0 Å². The summed E-state index contributed by atoms with van der Waals surface area (Å²) in [6, 6.07) is 0.582. The number of likely N-dealkylation sites (tertiary alicyclic amines) is 1. The van der Waals surface area contributed by atoms with Crippen molar-refractivity contribution in [2.24, 2.45) is 0 Å². The van der Waals surface area contributed by atoms with Crippen molar-refractivity contribution in [3.8, 4) is 0 Å². The van der Waals surface area contributed by atoms with Crippen LogP contribution in [0.15, 0.2) is 6.33 Å². The standard InChI is InChI=1S/C17H28N6OS/c24-16(21-6-2-1-3-7-21)12-19-8-10-20(11-9-19)14-23-17(25)22(13-18-23)15-4-5-15/h13,15H,1-12,14H2. The van der Waals surface area contributed by atoms with E-state index in [1.807, 2.05) is 15.9 Å². The minimum atomic E-state index is 0.304. The van der Waals surface area contributed by atoms with Crippen molar-refractivity contribution in [1.29, 1.82) is 0 Å². The second-order valence-electron chi connectivity index (χ2n) is 7.53. The van der Waals surface area contributed by atoms with Gasteiger partial charge in [0.05, 0.1) is 13.2 Å². The second-order valence-corrected chi connectivity index (χ2v) is 7.89. The van der Waals surface area contributed by atoms with E-state index in [1.165, 1.54) is 19.3 Å². The lowest BCUT2D eigenvalue weighted by Gasteiger charge is -2.35. The summed E-state index contributed by atoms with van der Waals surface area (Å²) < 4.78 is 4.90. The molecule has 25 heavy (non-hydrogen) atoms. The highest BCUT2D eigenvalue weighted by atomic mass is 32.1. The summed E-state index contributed by atoms with van der Waals surface area (Å²) >= 11 is 5.54. The maximum absolute atomic E-state index is 12.4. The number of amides is 1. The third-order valence-corrected chi connectivity index (χ3v) is 5.99. The van der Waals surface area contributed by atoms with Crippen molar-refractivity contribution < 1.29 is 4.79 Å². The number of carbonyl (C=O) groups is 1. The molecule has 0 atom stereocenters. The number of rotatable bonds is 5. The van der Waals surface area contributed by atoms with E-state index in [9.17, 15) is 4.79 Å². The molecule has 7 nitrogen and oxygen atoms in total. The first-order valence-electron chi connectivity index (χ1n) is 9.57. The van der Waals surface area contributed by atoms with Gasteiger partial charge in [0.25, 0.3) is 0 Å². The first kappa shape index (κ1) is 17.2. The number of carbonyl (C=O) groups excluding carboxylic acids is 1. The molecule has 4 rings (SSSR count). The monoisotopic (exact) mass is 364 g/mol. The van der Waals surface area contributed by atoms with Crippen LogP contribution in [0.25, 0.3) is 0 Å². The van der Waals surface area contributed by atoms with E-state index < -0.39 is 0 Å². The molecule has 2 saturated heterocycles. The Kier molecular flexibility index (Phi) is 5.19. The molecule has 2 aliphatic heterocycles. The molecular formula is C17H28N6OS. The van der Waals surface area contributed by atoms with Crippen LogP contribution >= 0.6 is 12.2 Å². The number of hydrogen-bond donors (Lipinski definition) is 0. The van der Waals surface area contributed by atoms with Crippen LogP contribution in [0.4, 0.5) is 0 Å². The third-order valence-electron chi connectivity index (χ3n) is 5.56. The second kappa shape index (κ2) is 7.55. The van der Waals surface area contributed by atoms with E-state index in [2.05, 4.69) is 19.5 Å². The molecule has 1 aliphatic carbocycles. The van der Waals surface area contributed by atoms with Crippen LogP contribution in [0, 0.1) is 4.77 Å². The Morgan fingerprint density at radius 2 is 1.72 bits per heavy atom. The minimum absolute atomic E-state index is 0.304.